The fourth-order valence-corrected chi connectivity index (χ4v) is 8.09. The molecule has 6 nitrogen and oxygen atoms in total. The van der Waals surface area contributed by atoms with E-state index in [2.05, 4.69) is 53.2 Å². The molecule has 40 heavy (non-hydrogen) atoms. The minimum atomic E-state index is -0.124. The summed E-state index contributed by atoms with van der Waals surface area (Å²) in [6, 6.07) is 17.4. The second-order valence-corrected chi connectivity index (χ2v) is 13.0. The third-order valence-electron chi connectivity index (χ3n) is 10.2. The Morgan fingerprint density at radius 1 is 0.800 bits per heavy atom. The summed E-state index contributed by atoms with van der Waals surface area (Å²) in [7, 11) is 2.12. The fourth-order valence-electron chi connectivity index (χ4n) is 7.97. The van der Waals surface area contributed by atoms with E-state index >= 15 is 0 Å². The van der Waals surface area contributed by atoms with Crippen LogP contribution in [0.1, 0.15) is 56.1 Å². The molecule has 214 valence electrons. The molecule has 4 aliphatic rings. The molecule has 0 bridgehead atoms. The van der Waals surface area contributed by atoms with Crippen molar-refractivity contribution >= 4 is 29.1 Å². The van der Waals surface area contributed by atoms with E-state index < -0.39 is 0 Å². The first kappa shape index (κ1) is 27.7. The highest BCUT2D eigenvalue weighted by Gasteiger charge is 2.55. The maximum Gasteiger partial charge on any atom is 0.281 e. The van der Waals surface area contributed by atoms with E-state index in [0.717, 1.165) is 74.3 Å². The number of benzene rings is 2. The van der Waals surface area contributed by atoms with Gasteiger partial charge in [0.05, 0.1) is 6.04 Å². The molecule has 2 saturated heterocycles. The Hall–Kier alpha value is -2.41. The van der Waals surface area contributed by atoms with Crippen LogP contribution in [0.15, 0.2) is 48.5 Å². The topological polar surface area (TPSA) is 43.9 Å². The fraction of sp³-hybridized carbons (Fsp3) is 0.576. The third kappa shape index (κ3) is 5.31. The summed E-state index contributed by atoms with van der Waals surface area (Å²) < 4.78 is 0.733. The quantitative estimate of drug-likeness (QED) is 0.474. The summed E-state index contributed by atoms with van der Waals surface area (Å²) in [5.41, 5.74) is 3.89. The third-order valence-corrected chi connectivity index (χ3v) is 10.5. The molecule has 2 amide bonds. The van der Waals surface area contributed by atoms with Crippen LogP contribution in [0.4, 0.5) is 5.69 Å². The van der Waals surface area contributed by atoms with Gasteiger partial charge in [0.2, 0.25) is 5.91 Å². The van der Waals surface area contributed by atoms with E-state index in [-0.39, 0.29) is 17.9 Å². The number of hydrogen-bond acceptors (Lipinski definition) is 3. The predicted molar refractivity (Wildman–Crippen MR) is 161 cm³/mol. The van der Waals surface area contributed by atoms with E-state index in [1.165, 1.54) is 36.1 Å². The molecular weight excluding hydrogens is 520 g/mol. The van der Waals surface area contributed by atoms with E-state index in [0.29, 0.717) is 25.0 Å². The van der Waals surface area contributed by atoms with Crippen molar-refractivity contribution in [2.24, 2.45) is 5.92 Å². The van der Waals surface area contributed by atoms with Crippen LogP contribution in [0.3, 0.4) is 0 Å². The standard InChI is InChI=1S/C33H44ClN4O2/c1-35-19-21-37(22-20-35)32(39)26-15-17-36(18-16-26)33(40)31-23-27-7-5-6-10-30(27)38(31,29-8-3-2-4-9-29)24-25-11-13-28(34)14-12-25/h5-7,10-14,26,29,31H,2-4,8-9,15-24H2,1H3/q+1. The van der Waals surface area contributed by atoms with Gasteiger partial charge in [-0.15, -0.1) is 0 Å². The largest absolute Gasteiger partial charge is 0.340 e. The Bertz CT molecular complexity index is 1200. The molecule has 2 unspecified atom stereocenters. The second-order valence-electron chi connectivity index (χ2n) is 12.6. The molecule has 3 aliphatic heterocycles. The number of likely N-dealkylation sites (tertiary alicyclic amines) is 1. The molecule has 3 fully saturated rings. The van der Waals surface area contributed by atoms with Crippen LogP contribution in [0, 0.1) is 5.92 Å². The molecule has 7 heteroatoms. The van der Waals surface area contributed by atoms with Gasteiger partial charge in [-0.1, -0.05) is 48.4 Å². The minimum Gasteiger partial charge on any atom is -0.340 e. The summed E-state index contributed by atoms with van der Waals surface area (Å²) >= 11 is 6.27. The van der Waals surface area contributed by atoms with Gasteiger partial charge in [-0.05, 0) is 63.8 Å². The highest BCUT2D eigenvalue weighted by molar-refractivity contribution is 6.30. The summed E-state index contributed by atoms with van der Waals surface area (Å²) in [5, 5.41) is 0.747. The van der Waals surface area contributed by atoms with E-state index in [4.69, 9.17) is 11.6 Å². The monoisotopic (exact) mass is 563 g/mol. The summed E-state index contributed by atoms with van der Waals surface area (Å²) in [6.45, 7) is 5.71. The Morgan fingerprint density at radius 3 is 2.15 bits per heavy atom. The lowest BCUT2D eigenvalue weighted by molar-refractivity contribution is -0.144. The summed E-state index contributed by atoms with van der Waals surface area (Å²) in [4.78, 5) is 34.3. The predicted octanol–water partition coefficient (Wildman–Crippen LogP) is 5.12. The van der Waals surface area contributed by atoms with Crippen LogP contribution >= 0.6 is 11.6 Å². The number of piperazine rings is 1. The lowest BCUT2D eigenvalue weighted by Crippen LogP contribution is -2.66. The number of likely N-dealkylation sites (N-methyl/N-ethyl adjacent to an activating group) is 1. The van der Waals surface area contributed by atoms with Crippen molar-refractivity contribution in [1.82, 2.24) is 19.2 Å². The van der Waals surface area contributed by atoms with Crippen LogP contribution in [0.2, 0.25) is 5.02 Å². The number of piperidine rings is 1. The average Bonchev–Trinajstić information content (AvgIpc) is 3.33. The van der Waals surface area contributed by atoms with Crippen LogP contribution < -0.4 is 4.48 Å². The Labute approximate surface area is 244 Å². The van der Waals surface area contributed by atoms with Crippen LogP contribution in [0.5, 0.6) is 0 Å². The molecule has 1 aliphatic carbocycles. The number of quaternary nitrogens is 1. The second kappa shape index (κ2) is 11.8. The number of fused-ring (bicyclic) bond motifs is 1. The SMILES string of the molecule is CN1CCN(C(=O)C2CCN(C(=O)C3Cc4ccccc4[N+]3(Cc3ccc(Cl)cc3)C3CCCCC3)CC2)CC1. The van der Waals surface area contributed by atoms with Crippen molar-refractivity contribution < 1.29 is 9.59 Å². The van der Waals surface area contributed by atoms with Crippen molar-refractivity contribution in [3.8, 4) is 0 Å². The number of rotatable bonds is 5. The van der Waals surface area contributed by atoms with E-state index in [1.54, 1.807) is 0 Å². The molecular formula is C33H44ClN4O2+. The first-order chi connectivity index (χ1) is 19.5. The number of amides is 2. The zero-order chi connectivity index (χ0) is 27.7. The van der Waals surface area contributed by atoms with Crippen LogP contribution in [-0.4, -0.2) is 84.9 Å². The zero-order valence-electron chi connectivity index (χ0n) is 23.9. The first-order valence-electron chi connectivity index (χ1n) is 15.4. The van der Waals surface area contributed by atoms with Crippen LogP contribution in [-0.2, 0) is 22.6 Å². The first-order valence-corrected chi connectivity index (χ1v) is 15.8. The molecule has 2 atom stereocenters. The zero-order valence-corrected chi connectivity index (χ0v) is 24.7. The Balaban J connectivity index is 1.25. The number of hydrogen-bond donors (Lipinski definition) is 0. The van der Waals surface area contributed by atoms with Gasteiger partial charge >= 0.3 is 0 Å². The average molecular weight is 564 g/mol. The maximum atomic E-state index is 14.6. The highest BCUT2D eigenvalue weighted by Crippen LogP contribution is 2.47. The smallest absolute Gasteiger partial charge is 0.281 e. The van der Waals surface area contributed by atoms with Gasteiger partial charge in [0.1, 0.15) is 12.2 Å². The lowest BCUT2D eigenvalue weighted by atomic mass is 9.89. The molecule has 3 heterocycles. The summed E-state index contributed by atoms with van der Waals surface area (Å²) in [6.07, 6.45) is 8.41. The van der Waals surface area contributed by atoms with E-state index in [1.807, 2.05) is 17.0 Å². The molecule has 0 radical (unpaired) electrons. The molecule has 0 spiro atoms. The van der Waals surface area contributed by atoms with Crippen molar-refractivity contribution in [2.75, 3.05) is 46.3 Å². The Kier molecular flexibility index (Phi) is 8.21. The van der Waals surface area contributed by atoms with Crippen molar-refractivity contribution in [3.63, 3.8) is 0 Å². The molecule has 2 aromatic carbocycles. The highest BCUT2D eigenvalue weighted by atomic mass is 35.5. The number of halogens is 1. The molecule has 1 saturated carbocycles. The Morgan fingerprint density at radius 2 is 1.45 bits per heavy atom. The summed E-state index contributed by atoms with van der Waals surface area (Å²) in [5.74, 6) is 0.615. The molecule has 0 aromatic heterocycles. The van der Waals surface area contributed by atoms with Gasteiger partial charge in [0, 0.05) is 67.8 Å². The van der Waals surface area contributed by atoms with Crippen molar-refractivity contribution in [2.45, 2.75) is 70.0 Å². The normalized spacial score (nSPS) is 26.6. The van der Waals surface area contributed by atoms with Gasteiger partial charge in [0.15, 0.2) is 6.04 Å². The molecule has 6 rings (SSSR count). The number of nitrogens with zero attached hydrogens (tertiary/aromatic N) is 4. The van der Waals surface area contributed by atoms with Gasteiger partial charge in [-0.2, -0.15) is 0 Å². The molecule has 2 aromatic rings. The van der Waals surface area contributed by atoms with Gasteiger partial charge < -0.3 is 14.7 Å². The number of carbonyl (C=O) groups excluding carboxylic acids is 2. The minimum absolute atomic E-state index is 0.0416. The van der Waals surface area contributed by atoms with Crippen molar-refractivity contribution in [3.05, 3.63) is 64.7 Å². The number of carbonyl (C=O) groups is 2. The van der Waals surface area contributed by atoms with E-state index in [9.17, 15) is 9.59 Å². The number of para-hydroxylation sites is 1. The van der Waals surface area contributed by atoms with Crippen LogP contribution in [0.25, 0.3) is 0 Å². The van der Waals surface area contributed by atoms with Gasteiger partial charge in [-0.25, -0.2) is 0 Å². The maximum absolute atomic E-state index is 14.6. The molecule has 0 N–H and O–H groups in total. The van der Waals surface area contributed by atoms with Crippen molar-refractivity contribution in [1.29, 1.82) is 0 Å². The lowest BCUT2D eigenvalue weighted by Gasteiger charge is -2.48. The van der Waals surface area contributed by atoms with Gasteiger partial charge in [0.25, 0.3) is 5.91 Å². The van der Waals surface area contributed by atoms with Gasteiger partial charge in [-0.3, -0.25) is 14.1 Å².